The highest BCUT2D eigenvalue weighted by atomic mass is 16.5. The molecule has 0 N–H and O–H groups in total. The van der Waals surface area contributed by atoms with Crippen LogP contribution in [0.15, 0.2) is 108 Å². The van der Waals surface area contributed by atoms with Gasteiger partial charge in [-0.2, -0.15) is 15.2 Å². The molecule has 2 heterocycles. The van der Waals surface area contributed by atoms with Crippen molar-refractivity contribution in [3.8, 4) is 22.7 Å². The summed E-state index contributed by atoms with van der Waals surface area (Å²) >= 11 is 0. The summed E-state index contributed by atoms with van der Waals surface area (Å²) in [5.41, 5.74) is 6.44. The Morgan fingerprint density at radius 3 is 2.31 bits per heavy atom. The number of benzene rings is 3. The molecule has 1 aliphatic heterocycles. The summed E-state index contributed by atoms with van der Waals surface area (Å²) < 4.78 is 7.54. The average Bonchev–Trinajstić information content (AvgIpc) is 3.45. The van der Waals surface area contributed by atoms with E-state index in [9.17, 15) is 4.79 Å². The zero-order chi connectivity index (χ0) is 25.1. The van der Waals surface area contributed by atoms with Gasteiger partial charge in [-0.05, 0) is 68.0 Å². The minimum Gasteiger partial charge on any atom is -0.490 e. The van der Waals surface area contributed by atoms with Crippen LogP contribution in [0.25, 0.3) is 23.0 Å². The van der Waals surface area contributed by atoms with E-state index >= 15 is 0 Å². The molecular formula is C30H26N4O2. The van der Waals surface area contributed by atoms with Crippen LogP contribution >= 0.6 is 0 Å². The van der Waals surface area contributed by atoms with Crippen molar-refractivity contribution in [2.24, 2.45) is 5.10 Å². The van der Waals surface area contributed by atoms with Crippen molar-refractivity contribution in [2.75, 3.05) is 11.6 Å². The van der Waals surface area contributed by atoms with Gasteiger partial charge in [-0.3, -0.25) is 4.79 Å². The molecule has 0 bridgehead atoms. The Bertz CT molecular complexity index is 1480. The first kappa shape index (κ1) is 23.1. The molecule has 6 nitrogen and oxygen atoms in total. The van der Waals surface area contributed by atoms with E-state index in [1.54, 1.807) is 6.08 Å². The minimum atomic E-state index is -0.165. The monoisotopic (exact) mass is 474 g/mol. The second-order valence-corrected chi connectivity index (χ2v) is 8.49. The van der Waals surface area contributed by atoms with E-state index in [1.807, 2.05) is 110 Å². The first-order chi connectivity index (χ1) is 17.5. The molecule has 1 amide bonds. The molecule has 1 aliphatic rings. The summed E-state index contributed by atoms with van der Waals surface area (Å²) in [7, 11) is 0. The third kappa shape index (κ3) is 4.49. The standard InChI is InChI=1S/C30H26N4O2/c1-4-17-36-26-15-16-27(21(2)18-26)29-23(20-33(32-29)24-11-7-5-8-12-24)19-28-22(3)31-34(30(28)35)25-13-9-6-10-14-25/h4-16,18-20H,1,17H2,2-3H3/b28-19+. The third-order valence-corrected chi connectivity index (χ3v) is 5.95. The summed E-state index contributed by atoms with van der Waals surface area (Å²) in [6.45, 7) is 8.03. The first-order valence-corrected chi connectivity index (χ1v) is 11.7. The number of anilines is 1. The number of hydrazone groups is 1. The van der Waals surface area contributed by atoms with Crippen LogP contribution < -0.4 is 9.75 Å². The molecule has 5 rings (SSSR count). The molecule has 0 saturated carbocycles. The molecule has 0 aliphatic carbocycles. The van der Waals surface area contributed by atoms with Crippen molar-refractivity contribution < 1.29 is 9.53 Å². The molecule has 4 aromatic rings. The lowest BCUT2D eigenvalue weighted by Gasteiger charge is -2.11. The normalized spacial score (nSPS) is 14.3. The Morgan fingerprint density at radius 2 is 1.64 bits per heavy atom. The summed E-state index contributed by atoms with van der Waals surface area (Å²) in [6, 6.07) is 25.3. The molecule has 0 unspecified atom stereocenters. The molecule has 6 heteroatoms. The van der Waals surface area contributed by atoms with Crippen molar-refractivity contribution in [1.82, 2.24) is 9.78 Å². The van der Waals surface area contributed by atoms with E-state index in [4.69, 9.17) is 9.84 Å². The number of ether oxygens (including phenoxy) is 1. The number of para-hydroxylation sites is 2. The number of amides is 1. The number of carbonyl (C=O) groups excluding carboxylic acids is 1. The van der Waals surface area contributed by atoms with Gasteiger partial charge in [0.15, 0.2) is 0 Å². The van der Waals surface area contributed by atoms with Gasteiger partial charge in [-0.1, -0.05) is 49.1 Å². The van der Waals surface area contributed by atoms with Gasteiger partial charge in [-0.15, -0.1) is 0 Å². The first-order valence-electron chi connectivity index (χ1n) is 11.7. The Balaban J connectivity index is 1.59. The van der Waals surface area contributed by atoms with Gasteiger partial charge in [0.05, 0.1) is 22.7 Å². The van der Waals surface area contributed by atoms with E-state index in [0.29, 0.717) is 17.9 Å². The lowest BCUT2D eigenvalue weighted by Crippen LogP contribution is -2.21. The zero-order valence-corrected chi connectivity index (χ0v) is 20.3. The second kappa shape index (κ2) is 9.88. The van der Waals surface area contributed by atoms with Gasteiger partial charge in [-0.25, -0.2) is 4.68 Å². The molecule has 178 valence electrons. The van der Waals surface area contributed by atoms with Gasteiger partial charge in [0.1, 0.15) is 18.1 Å². The summed E-state index contributed by atoms with van der Waals surface area (Å²) in [4.78, 5) is 13.3. The van der Waals surface area contributed by atoms with Crippen molar-refractivity contribution in [3.63, 3.8) is 0 Å². The lowest BCUT2D eigenvalue weighted by molar-refractivity contribution is -0.114. The molecule has 0 radical (unpaired) electrons. The molecule has 0 saturated heterocycles. The number of rotatable bonds is 7. The third-order valence-electron chi connectivity index (χ3n) is 5.95. The molecule has 0 atom stereocenters. The van der Waals surface area contributed by atoms with Gasteiger partial charge >= 0.3 is 0 Å². The minimum absolute atomic E-state index is 0.165. The van der Waals surface area contributed by atoms with Gasteiger partial charge < -0.3 is 4.74 Å². The van der Waals surface area contributed by atoms with Crippen LogP contribution in [0.4, 0.5) is 5.69 Å². The van der Waals surface area contributed by atoms with Crippen molar-refractivity contribution >= 4 is 23.4 Å². The number of hydrogen-bond acceptors (Lipinski definition) is 4. The van der Waals surface area contributed by atoms with Crippen molar-refractivity contribution in [2.45, 2.75) is 13.8 Å². The Labute approximate surface area is 210 Å². The van der Waals surface area contributed by atoms with Crippen LogP contribution in [0.2, 0.25) is 0 Å². The fraction of sp³-hybridized carbons (Fsp3) is 0.100. The summed E-state index contributed by atoms with van der Waals surface area (Å²) in [5.74, 6) is 0.605. The van der Waals surface area contributed by atoms with Gasteiger partial charge in [0.25, 0.3) is 5.91 Å². The predicted octanol–water partition coefficient (Wildman–Crippen LogP) is 6.22. The largest absolute Gasteiger partial charge is 0.490 e. The molecule has 3 aromatic carbocycles. The smallest absolute Gasteiger partial charge is 0.280 e. The van der Waals surface area contributed by atoms with Crippen LogP contribution in [0.3, 0.4) is 0 Å². The molecule has 36 heavy (non-hydrogen) atoms. The van der Waals surface area contributed by atoms with Crippen molar-refractivity contribution in [1.29, 1.82) is 0 Å². The van der Waals surface area contributed by atoms with E-state index in [0.717, 1.165) is 39.5 Å². The van der Waals surface area contributed by atoms with Gasteiger partial charge in [0, 0.05) is 17.3 Å². The number of nitrogens with zero attached hydrogens (tertiary/aromatic N) is 4. The number of aromatic nitrogens is 2. The van der Waals surface area contributed by atoms with Crippen LogP contribution in [0.5, 0.6) is 5.75 Å². The maximum atomic E-state index is 13.3. The summed E-state index contributed by atoms with van der Waals surface area (Å²) in [5, 5.41) is 10.9. The molecule has 1 aromatic heterocycles. The maximum absolute atomic E-state index is 13.3. The maximum Gasteiger partial charge on any atom is 0.280 e. The van der Waals surface area contributed by atoms with E-state index in [2.05, 4.69) is 11.7 Å². The van der Waals surface area contributed by atoms with Crippen LogP contribution in [-0.2, 0) is 4.79 Å². The van der Waals surface area contributed by atoms with Crippen molar-refractivity contribution in [3.05, 3.63) is 114 Å². The predicted molar refractivity (Wildman–Crippen MR) is 144 cm³/mol. The van der Waals surface area contributed by atoms with E-state index < -0.39 is 0 Å². The van der Waals surface area contributed by atoms with E-state index in [1.165, 1.54) is 5.01 Å². The fourth-order valence-electron chi connectivity index (χ4n) is 4.15. The number of carbonyl (C=O) groups is 1. The fourth-order valence-corrected chi connectivity index (χ4v) is 4.15. The Morgan fingerprint density at radius 1 is 0.944 bits per heavy atom. The van der Waals surface area contributed by atoms with Crippen LogP contribution in [-0.4, -0.2) is 28.0 Å². The Hall–Kier alpha value is -4.71. The number of aryl methyl sites for hydroxylation is 1. The average molecular weight is 475 g/mol. The lowest BCUT2D eigenvalue weighted by atomic mass is 10.0. The second-order valence-electron chi connectivity index (χ2n) is 8.49. The highest BCUT2D eigenvalue weighted by molar-refractivity contribution is 6.32. The van der Waals surface area contributed by atoms with Gasteiger partial charge in [0.2, 0.25) is 0 Å². The summed E-state index contributed by atoms with van der Waals surface area (Å²) in [6.07, 6.45) is 5.55. The molecule has 0 spiro atoms. The highest BCUT2D eigenvalue weighted by Crippen LogP contribution is 2.32. The molecule has 0 fully saturated rings. The Kier molecular flexibility index (Phi) is 6.33. The van der Waals surface area contributed by atoms with Crippen LogP contribution in [0.1, 0.15) is 18.1 Å². The molecular weight excluding hydrogens is 448 g/mol. The quantitative estimate of drug-likeness (QED) is 0.236. The SMILES string of the molecule is C=CCOc1ccc(-c2nn(-c3ccccc3)cc2/C=C2/C(=O)N(c3ccccc3)N=C2C)c(C)c1. The number of hydrogen-bond donors (Lipinski definition) is 0. The zero-order valence-electron chi connectivity index (χ0n) is 20.3. The van der Waals surface area contributed by atoms with E-state index in [-0.39, 0.29) is 5.91 Å². The highest BCUT2D eigenvalue weighted by Gasteiger charge is 2.29. The topological polar surface area (TPSA) is 59.7 Å². The van der Waals surface area contributed by atoms with Crippen LogP contribution in [0, 0.1) is 6.92 Å².